The van der Waals surface area contributed by atoms with E-state index in [1.807, 2.05) is 30.3 Å². The number of benzene rings is 2. The first-order chi connectivity index (χ1) is 19.4. The van der Waals surface area contributed by atoms with Gasteiger partial charge in [0.25, 0.3) is 5.91 Å². The molecule has 0 saturated heterocycles. The van der Waals surface area contributed by atoms with Crippen LogP contribution in [0.15, 0.2) is 67.0 Å². The molecule has 11 nitrogen and oxygen atoms in total. The van der Waals surface area contributed by atoms with Gasteiger partial charge in [-0.25, -0.2) is 4.90 Å². The van der Waals surface area contributed by atoms with Gasteiger partial charge >= 0.3 is 0 Å². The number of carbonyl (C=O) groups is 2. The Kier molecular flexibility index (Phi) is 9.77. The van der Waals surface area contributed by atoms with Crippen molar-refractivity contribution < 1.29 is 9.59 Å². The lowest BCUT2D eigenvalue weighted by Crippen LogP contribution is -2.50. The molecule has 0 spiro atoms. The number of aromatic nitrogens is 5. The Morgan fingerprint density at radius 1 is 0.976 bits per heavy atom. The van der Waals surface area contributed by atoms with Gasteiger partial charge in [0.1, 0.15) is 0 Å². The SMILES string of the molecule is Cl.NCC1CCC(C(=O)N(C(=O)[C@@H](N)Cc2cccc(-c3cncc(N)c3)c2)c2ccc(-c3nn[nH]n3)cc2)CC1. The molecule has 2 aromatic carbocycles. The highest BCUT2D eigenvalue weighted by Crippen LogP contribution is 2.32. The number of pyridine rings is 1. The molecule has 1 aliphatic rings. The Morgan fingerprint density at radius 2 is 1.73 bits per heavy atom. The number of nitrogens with zero attached hydrogens (tertiary/aromatic N) is 5. The predicted molar refractivity (Wildman–Crippen MR) is 160 cm³/mol. The summed E-state index contributed by atoms with van der Waals surface area (Å²) >= 11 is 0. The Morgan fingerprint density at radius 3 is 2.39 bits per heavy atom. The van der Waals surface area contributed by atoms with Gasteiger partial charge in [-0.3, -0.25) is 14.6 Å². The Labute approximate surface area is 244 Å². The number of carbonyl (C=O) groups excluding carboxylic acids is 2. The average Bonchev–Trinajstić information content (AvgIpc) is 3.53. The van der Waals surface area contributed by atoms with E-state index >= 15 is 0 Å². The maximum absolute atomic E-state index is 13.9. The number of hydrogen-bond donors (Lipinski definition) is 4. The number of nitrogens with one attached hydrogen (secondary N) is 1. The van der Waals surface area contributed by atoms with Crippen molar-refractivity contribution in [3.63, 3.8) is 0 Å². The minimum atomic E-state index is -0.935. The Bertz CT molecular complexity index is 1460. The lowest BCUT2D eigenvalue weighted by molar-refractivity contribution is -0.130. The molecule has 1 saturated carbocycles. The predicted octanol–water partition coefficient (Wildman–Crippen LogP) is 3.13. The van der Waals surface area contributed by atoms with Crippen LogP contribution in [-0.4, -0.2) is 50.0 Å². The zero-order valence-electron chi connectivity index (χ0n) is 22.5. The molecule has 2 heterocycles. The van der Waals surface area contributed by atoms with E-state index in [2.05, 4.69) is 25.6 Å². The van der Waals surface area contributed by atoms with Gasteiger partial charge in [-0.05, 0) is 91.2 Å². The molecule has 1 aliphatic carbocycles. The molecule has 2 aromatic heterocycles. The maximum Gasteiger partial charge on any atom is 0.251 e. The van der Waals surface area contributed by atoms with Gasteiger partial charge in [0, 0.05) is 29.4 Å². The molecule has 5 rings (SSSR count). The van der Waals surface area contributed by atoms with Crippen molar-refractivity contribution in [3.8, 4) is 22.5 Å². The normalized spacial score (nSPS) is 17.3. The molecule has 12 heteroatoms. The summed E-state index contributed by atoms with van der Waals surface area (Å²) in [6.45, 7) is 0.608. The van der Waals surface area contributed by atoms with Crippen molar-refractivity contribution in [2.45, 2.75) is 38.1 Å². The first kappa shape index (κ1) is 29.8. The second-order valence-corrected chi connectivity index (χ2v) is 10.3. The lowest BCUT2D eigenvalue weighted by Gasteiger charge is -2.32. The lowest BCUT2D eigenvalue weighted by atomic mass is 9.81. The molecule has 0 radical (unpaired) electrons. The summed E-state index contributed by atoms with van der Waals surface area (Å²) < 4.78 is 0. The average molecular weight is 576 g/mol. The van der Waals surface area contributed by atoms with E-state index in [9.17, 15) is 9.59 Å². The van der Waals surface area contributed by atoms with Crippen molar-refractivity contribution in [2.24, 2.45) is 23.3 Å². The highest BCUT2D eigenvalue weighted by Gasteiger charge is 2.35. The number of imide groups is 1. The third kappa shape index (κ3) is 6.94. The van der Waals surface area contributed by atoms with Gasteiger partial charge in [-0.15, -0.1) is 22.6 Å². The Balaban J connectivity index is 0.00000387. The van der Waals surface area contributed by atoms with Crippen molar-refractivity contribution in [3.05, 3.63) is 72.6 Å². The zero-order valence-corrected chi connectivity index (χ0v) is 23.3. The van der Waals surface area contributed by atoms with E-state index in [1.54, 1.807) is 36.7 Å². The molecule has 4 aromatic rings. The van der Waals surface area contributed by atoms with Gasteiger partial charge < -0.3 is 17.2 Å². The van der Waals surface area contributed by atoms with Gasteiger partial charge in [0.2, 0.25) is 11.7 Å². The molecule has 7 N–H and O–H groups in total. The van der Waals surface area contributed by atoms with Crippen molar-refractivity contribution >= 4 is 35.6 Å². The molecule has 2 amide bonds. The van der Waals surface area contributed by atoms with E-state index in [0.29, 0.717) is 48.1 Å². The van der Waals surface area contributed by atoms with Crippen LogP contribution in [-0.2, 0) is 16.0 Å². The smallest absolute Gasteiger partial charge is 0.251 e. The number of rotatable bonds is 8. The van der Waals surface area contributed by atoms with Crippen LogP contribution in [0.5, 0.6) is 0 Å². The molecule has 214 valence electrons. The number of H-pyrrole nitrogens is 1. The second-order valence-electron chi connectivity index (χ2n) is 10.3. The zero-order chi connectivity index (χ0) is 28.1. The largest absolute Gasteiger partial charge is 0.397 e. The highest BCUT2D eigenvalue weighted by molar-refractivity contribution is 6.17. The number of halogens is 1. The number of aromatic amines is 1. The van der Waals surface area contributed by atoms with Gasteiger partial charge in [0.15, 0.2) is 0 Å². The van der Waals surface area contributed by atoms with Gasteiger partial charge in [-0.1, -0.05) is 24.3 Å². The molecule has 41 heavy (non-hydrogen) atoms. The molecule has 1 atom stereocenters. The maximum atomic E-state index is 13.9. The first-order valence-corrected chi connectivity index (χ1v) is 13.4. The number of hydrogen-bond acceptors (Lipinski definition) is 9. The van der Waals surface area contributed by atoms with Crippen LogP contribution in [0.4, 0.5) is 11.4 Å². The highest BCUT2D eigenvalue weighted by atomic mass is 35.5. The molecule has 0 bridgehead atoms. The van der Waals surface area contributed by atoms with E-state index in [4.69, 9.17) is 17.2 Å². The fraction of sp³-hybridized carbons (Fsp3) is 0.310. The summed E-state index contributed by atoms with van der Waals surface area (Å²) in [5.74, 6) is -0.123. The Hall–Kier alpha value is -4.19. The molecular formula is C29H34ClN9O2. The number of anilines is 2. The summed E-state index contributed by atoms with van der Waals surface area (Å²) in [5, 5.41) is 14.0. The third-order valence-electron chi connectivity index (χ3n) is 7.49. The topological polar surface area (TPSA) is 183 Å². The van der Waals surface area contributed by atoms with Crippen molar-refractivity contribution in [1.82, 2.24) is 25.6 Å². The van der Waals surface area contributed by atoms with E-state index in [0.717, 1.165) is 29.5 Å². The second kappa shape index (κ2) is 13.4. The first-order valence-electron chi connectivity index (χ1n) is 13.4. The summed E-state index contributed by atoms with van der Waals surface area (Å²) in [6, 6.07) is 15.6. The minimum absolute atomic E-state index is 0. The number of nitrogens with two attached hydrogens (primary N) is 3. The number of tetrazole rings is 1. The van der Waals surface area contributed by atoms with Crippen molar-refractivity contribution in [1.29, 1.82) is 0 Å². The van der Waals surface area contributed by atoms with Gasteiger partial charge in [-0.2, -0.15) is 5.21 Å². The van der Waals surface area contributed by atoms with Crippen LogP contribution < -0.4 is 22.1 Å². The number of amides is 2. The van der Waals surface area contributed by atoms with E-state index in [-0.39, 0.29) is 30.7 Å². The quantitative estimate of drug-likeness (QED) is 0.245. The van der Waals surface area contributed by atoms with Crippen LogP contribution in [0.3, 0.4) is 0 Å². The summed E-state index contributed by atoms with van der Waals surface area (Å²) in [7, 11) is 0. The van der Waals surface area contributed by atoms with Crippen LogP contribution >= 0.6 is 12.4 Å². The van der Waals surface area contributed by atoms with E-state index < -0.39 is 11.9 Å². The molecular weight excluding hydrogens is 542 g/mol. The standard InChI is InChI=1S/C29H33N9O2.ClH/c30-15-18-4-6-21(7-5-18)28(39)38(25-10-8-20(9-11-25)27-34-36-37-35-27)29(40)26(32)13-19-2-1-3-22(12-19)23-14-24(31)17-33-16-23;/h1-3,8-12,14,16-18,21,26H,4-7,13,15,30-32H2,(H,34,35,36,37);1H/t18?,21?,26-;/m0./s1. The molecule has 1 fully saturated rings. The third-order valence-corrected chi connectivity index (χ3v) is 7.49. The monoisotopic (exact) mass is 575 g/mol. The molecule has 0 unspecified atom stereocenters. The summed E-state index contributed by atoms with van der Waals surface area (Å²) in [4.78, 5) is 33.1. The van der Waals surface area contributed by atoms with Crippen molar-refractivity contribution in [2.75, 3.05) is 17.2 Å². The fourth-order valence-corrected chi connectivity index (χ4v) is 5.23. The summed E-state index contributed by atoms with van der Waals surface area (Å²) in [6.07, 6.45) is 6.69. The molecule has 0 aliphatic heterocycles. The summed E-state index contributed by atoms with van der Waals surface area (Å²) in [5.41, 5.74) is 22.6. The van der Waals surface area contributed by atoms with Crippen LogP contribution in [0.2, 0.25) is 0 Å². The van der Waals surface area contributed by atoms with Crippen LogP contribution in [0.25, 0.3) is 22.5 Å². The van der Waals surface area contributed by atoms with Crippen LogP contribution in [0, 0.1) is 11.8 Å². The minimum Gasteiger partial charge on any atom is -0.397 e. The van der Waals surface area contributed by atoms with Gasteiger partial charge in [0.05, 0.1) is 17.4 Å². The fourth-order valence-electron chi connectivity index (χ4n) is 5.23. The van der Waals surface area contributed by atoms with E-state index in [1.165, 1.54) is 4.90 Å². The van der Waals surface area contributed by atoms with Crippen LogP contribution in [0.1, 0.15) is 31.2 Å². The number of nitrogen functional groups attached to an aromatic ring is 1.